The Morgan fingerprint density at radius 2 is 1.93 bits per heavy atom. The lowest BCUT2D eigenvalue weighted by atomic mass is 10.1. The maximum Gasteiger partial charge on any atom is 0.350 e. The number of amides is 1. The van der Waals surface area contributed by atoms with E-state index in [1.807, 2.05) is 36.4 Å². The average molecular weight is 405 g/mol. The van der Waals surface area contributed by atoms with E-state index in [1.165, 1.54) is 4.90 Å². The van der Waals surface area contributed by atoms with E-state index in [0.717, 1.165) is 16.9 Å². The monoisotopic (exact) mass is 405 g/mol. The summed E-state index contributed by atoms with van der Waals surface area (Å²) in [7, 11) is 0. The molecule has 3 rings (SSSR count). The first-order valence-corrected chi connectivity index (χ1v) is 9.85. The second-order valence-electron chi connectivity index (χ2n) is 6.20. The molecule has 0 N–H and O–H groups in total. The summed E-state index contributed by atoms with van der Waals surface area (Å²) in [6.07, 6.45) is 0. The van der Waals surface area contributed by atoms with Crippen molar-refractivity contribution in [2.75, 3.05) is 11.5 Å². The van der Waals surface area contributed by atoms with Crippen LogP contribution >= 0.6 is 11.3 Å². The number of aryl methyl sites for hydroxylation is 1. The number of esters is 1. The smallest absolute Gasteiger partial charge is 0.350 e. The number of rotatable bonds is 6. The fourth-order valence-corrected chi connectivity index (χ4v) is 3.71. The molecule has 6 nitrogen and oxygen atoms in total. The molecule has 0 atom stereocenters. The minimum absolute atomic E-state index is 0.263. The largest absolute Gasteiger partial charge is 0.462 e. The molecule has 2 aromatic carbocycles. The molecule has 0 bridgehead atoms. The molecular formula is C22H19N3O3S. The highest BCUT2D eigenvalue weighted by Gasteiger charge is 2.25. The van der Waals surface area contributed by atoms with Gasteiger partial charge in [0, 0.05) is 5.56 Å². The van der Waals surface area contributed by atoms with Gasteiger partial charge in [0.2, 0.25) is 0 Å². The second-order valence-corrected chi connectivity index (χ2v) is 7.18. The first kappa shape index (κ1) is 20.2. The van der Waals surface area contributed by atoms with Crippen molar-refractivity contribution in [1.82, 2.24) is 4.98 Å². The van der Waals surface area contributed by atoms with Crippen molar-refractivity contribution in [3.05, 3.63) is 81.9 Å². The van der Waals surface area contributed by atoms with Gasteiger partial charge in [-0.25, -0.2) is 9.78 Å². The van der Waals surface area contributed by atoms with Gasteiger partial charge in [-0.2, -0.15) is 5.26 Å². The molecule has 1 aromatic heterocycles. The van der Waals surface area contributed by atoms with Gasteiger partial charge < -0.3 is 4.74 Å². The van der Waals surface area contributed by atoms with E-state index in [4.69, 9.17) is 10.00 Å². The third kappa shape index (κ3) is 4.68. The average Bonchev–Trinajstić information content (AvgIpc) is 3.14. The first-order valence-electron chi connectivity index (χ1n) is 9.04. The Labute approximate surface area is 173 Å². The molecule has 0 aliphatic rings. The predicted octanol–water partition coefficient (Wildman–Crippen LogP) is 4.35. The van der Waals surface area contributed by atoms with Gasteiger partial charge in [-0.1, -0.05) is 47.7 Å². The Bertz CT molecular complexity index is 1070. The first-order chi connectivity index (χ1) is 14.0. The van der Waals surface area contributed by atoms with Crippen LogP contribution in [0.2, 0.25) is 0 Å². The molecule has 1 heterocycles. The maximum atomic E-state index is 13.3. The summed E-state index contributed by atoms with van der Waals surface area (Å²) in [6, 6.07) is 18.1. The number of carbonyl (C=O) groups excluding carboxylic acids is 2. The molecule has 0 aliphatic heterocycles. The van der Waals surface area contributed by atoms with Gasteiger partial charge >= 0.3 is 5.97 Å². The Hall–Kier alpha value is -3.50. The molecule has 0 saturated carbocycles. The number of carbonyl (C=O) groups is 2. The fourth-order valence-electron chi connectivity index (χ4n) is 2.75. The number of anilines is 1. The number of benzene rings is 2. The molecule has 0 unspecified atom stereocenters. The van der Waals surface area contributed by atoms with E-state index in [-0.39, 0.29) is 19.1 Å². The Morgan fingerprint density at radius 3 is 2.62 bits per heavy atom. The van der Waals surface area contributed by atoms with Crippen molar-refractivity contribution in [3.63, 3.8) is 0 Å². The summed E-state index contributed by atoms with van der Waals surface area (Å²) in [5, 5.41) is 9.55. The summed E-state index contributed by atoms with van der Waals surface area (Å²) in [4.78, 5) is 31.8. The molecule has 146 valence electrons. The summed E-state index contributed by atoms with van der Waals surface area (Å²) in [5.41, 5.74) is 2.21. The minimum Gasteiger partial charge on any atom is -0.462 e. The molecule has 0 radical (unpaired) electrons. The molecule has 0 fully saturated rings. The number of thiazole rings is 1. The number of nitriles is 1. The van der Waals surface area contributed by atoms with Crippen molar-refractivity contribution in [3.8, 4) is 6.07 Å². The zero-order chi connectivity index (χ0) is 20.8. The normalized spacial score (nSPS) is 10.2. The van der Waals surface area contributed by atoms with E-state index < -0.39 is 5.97 Å². The molecule has 1 amide bonds. The van der Waals surface area contributed by atoms with Gasteiger partial charge in [-0.3, -0.25) is 9.69 Å². The highest BCUT2D eigenvalue weighted by molar-refractivity contribution is 7.17. The van der Waals surface area contributed by atoms with Crippen LogP contribution in [0.5, 0.6) is 0 Å². The Balaban J connectivity index is 2.01. The van der Waals surface area contributed by atoms with Crippen LogP contribution in [0.25, 0.3) is 0 Å². The van der Waals surface area contributed by atoms with E-state index in [2.05, 4.69) is 4.98 Å². The van der Waals surface area contributed by atoms with Crippen LogP contribution in [0.4, 0.5) is 5.13 Å². The van der Waals surface area contributed by atoms with Gasteiger partial charge in [-0.15, -0.1) is 0 Å². The van der Waals surface area contributed by atoms with Gasteiger partial charge in [0.1, 0.15) is 4.88 Å². The molecule has 0 spiro atoms. The third-order valence-electron chi connectivity index (χ3n) is 4.14. The number of hydrogen-bond donors (Lipinski definition) is 0. The van der Waals surface area contributed by atoms with Gasteiger partial charge in [0.05, 0.1) is 30.5 Å². The van der Waals surface area contributed by atoms with Crippen molar-refractivity contribution in [2.24, 2.45) is 0 Å². The Morgan fingerprint density at radius 1 is 1.17 bits per heavy atom. The lowest BCUT2D eigenvalue weighted by Gasteiger charge is -2.20. The fraction of sp³-hybridized carbons (Fsp3) is 0.182. The molecule has 0 saturated heterocycles. The molecule has 3 aromatic rings. The molecule has 29 heavy (non-hydrogen) atoms. The zero-order valence-electron chi connectivity index (χ0n) is 16.1. The number of hydrogen-bond acceptors (Lipinski definition) is 6. The third-order valence-corrected chi connectivity index (χ3v) is 5.30. The molecular weight excluding hydrogens is 386 g/mol. The van der Waals surface area contributed by atoms with Crippen LogP contribution in [-0.2, 0) is 11.3 Å². The highest BCUT2D eigenvalue weighted by Crippen LogP contribution is 2.29. The van der Waals surface area contributed by atoms with Crippen LogP contribution in [0.1, 0.15) is 43.8 Å². The summed E-state index contributed by atoms with van der Waals surface area (Å²) in [5.74, 6) is -0.748. The van der Waals surface area contributed by atoms with Gasteiger partial charge in [0.25, 0.3) is 5.91 Å². The van der Waals surface area contributed by atoms with Crippen LogP contribution in [0.3, 0.4) is 0 Å². The standard InChI is InChI=1S/C22H19N3O3S/c1-3-28-21(27)19-15(2)24-22(29-19)25(14-16-8-5-4-6-9-16)20(26)18-11-7-10-17(12-18)13-23/h4-12H,3,14H2,1-2H3. The van der Waals surface area contributed by atoms with E-state index in [9.17, 15) is 9.59 Å². The lowest BCUT2D eigenvalue weighted by Crippen LogP contribution is -2.30. The van der Waals surface area contributed by atoms with Gasteiger partial charge in [0.15, 0.2) is 5.13 Å². The topological polar surface area (TPSA) is 83.3 Å². The quantitative estimate of drug-likeness (QED) is 0.570. The number of aromatic nitrogens is 1. The van der Waals surface area contributed by atoms with E-state index >= 15 is 0 Å². The van der Waals surface area contributed by atoms with Crippen LogP contribution in [0.15, 0.2) is 54.6 Å². The number of nitrogens with zero attached hydrogens (tertiary/aromatic N) is 3. The van der Waals surface area contributed by atoms with Crippen molar-refractivity contribution in [2.45, 2.75) is 20.4 Å². The predicted molar refractivity (Wildman–Crippen MR) is 111 cm³/mol. The molecule has 0 aliphatic carbocycles. The lowest BCUT2D eigenvalue weighted by molar-refractivity contribution is 0.0531. The van der Waals surface area contributed by atoms with Crippen molar-refractivity contribution >= 4 is 28.3 Å². The van der Waals surface area contributed by atoms with Gasteiger partial charge in [-0.05, 0) is 37.6 Å². The SMILES string of the molecule is CCOC(=O)c1sc(N(Cc2ccccc2)C(=O)c2cccc(C#N)c2)nc1C. The zero-order valence-corrected chi connectivity index (χ0v) is 16.9. The highest BCUT2D eigenvalue weighted by atomic mass is 32.1. The molecule has 7 heteroatoms. The van der Waals surface area contributed by atoms with E-state index in [1.54, 1.807) is 38.1 Å². The van der Waals surface area contributed by atoms with Crippen LogP contribution in [-0.4, -0.2) is 23.5 Å². The van der Waals surface area contributed by atoms with Crippen molar-refractivity contribution in [1.29, 1.82) is 5.26 Å². The summed E-state index contributed by atoms with van der Waals surface area (Å²) in [6.45, 7) is 4.00. The minimum atomic E-state index is -0.452. The van der Waals surface area contributed by atoms with E-state index in [0.29, 0.717) is 26.8 Å². The Kier molecular flexibility index (Phi) is 6.37. The van der Waals surface area contributed by atoms with Crippen LogP contribution < -0.4 is 4.90 Å². The number of ether oxygens (including phenoxy) is 1. The second kappa shape index (κ2) is 9.13. The maximum absolute atomic E-state index is 13.3. The summed E-state index contributed by atoms with van der Waals surface area (Å²) >= 11 is 1.12. The van der Waals surface area contributed by atoms with Crippen molar-refractivity contribution < 1.29 is 14.3 Å². The van der Waals surface area contributed by atoms with Crippen LogP contribution in [0, 0.1) is 18.3 Å². The summed E-state index contributed by atoms with van der Waals surface area (Å²) < 4.78 is 5.09.